The zero-order valence-electron chi connectivity index (χ0n) is 20.9. The molecule has 0 spiro atoms. The van der Waals surface area contributed by atoms with Crippen molar-refractivity contribution in [3.05, 3.63) is 0 Å². The second kappa shape index (κ2) is 14.1. The molecule has 0 fully saturated rings. The molecule has 32 heavy (non-hydrogen) atoms. The Bertz CT molecular complexity index is 616. The summed E-state index contributed by atoms with van der Waals surface area (Å²) in [5.74, 6) is -1.67. The molecule has 0 aliphatic heterocycles. The Morgan fingerprint density at radius 1 is 0.688 bits per heavy atom. The molecule has 0 saturated heterocycles. The summed E-state index contributed by atoms with van der Waals surface area (Å²) in [4.78, 5) is 49.3. The highest BCUT2D eigenvalue weighted by Gasteiger charge is 2.20. The first-order valence-electron chi connectivity index (χ1n) is 11.0. The third-order valence-electron chi connectivity index (χ3n) is 3.66. The fourth-order valence-corrected chi connectivity index (χ4v) is 2.57. The highest BCUT2D eigenvalue weighted by Crippen LogP contribution is 2.12. The summed E-state index contributed by atoms with van der Waals surface area (Å²) in [6.07, 6.45) is 0.375. The van der Waals surface area contributed by atoms with Crippen LogP contribution in [0.25, 0.3) is 0 Å². The van der Waals surface area contributed by atoms with Gasteiger partial charge >= 0.3 is 23.9 Å². The molecule has 0 N–H and O–H groups in total. The van der Waals surface area contributed by atoms with E-state index in [2.05, 4.69) is 0 Å². The van der Waals surface area contributed by atoms with E-state index in [1.807, 2.05) is 19.0 Å². The van der Waals surface area contributed by atoms with Gasteiger partial charge in [0.1, 0.15) is 23.9 Å². The van der Waals surface area contributed by atoms with Gasteiger partial charge in [0.2, 0.25) is 0 Å². The number of ether oxygens (including phenoxy) is 4. The minimum Gasteiger partial charge on any atom is -0.462 e. The van der Waals surface area contributed by atoms with Gasteiger partial charge in [0.25, 0.3) is 0 Å². The van der Waals surface area contributed by atoms with E-state index in [-0.39, 0.29) is 44.2 Å². The number of rotatable bonds is 13. The van der Waals surface area contributed by atoms with Gasteiger partial charge in [-0.15, -0.1) is 0 Å². The summed E-state index contributed by atoms with van der Waals surface area (Å²) < 4.78 is 21.0. The standard InChI is InChI=1S/C23H41NO8/c1-22(2,3)31-20(27)13-9-11-18(25)29-16-17(15-24(7)8)30-19(26)12-10-14-21(28)32-23(4,5)6/h17H,9-16H2,1-8H3. The van der Waals surface area contributed by atoms with Crippen molar-refractivity contribution in [1.29, 1.82) is 0 Å². The number of likely N-dealkylation sites (N-methyl/N-ethyl adjacent to an activating group) is 1. The van der Waals surface area contributed by atoms with Crippen LogP contribution in [-0.4, -0.2) is 73.3 Å². The summed E-state index contributed by atoms with van der Waals surface area (Å²) in [5.41, 5.74) is -1.13. The Balaban J connectivity index is 4.33. The molecule has 0 bridgehead atoms. The van der Waals surface area contributed by atoms with Crippen LogP contribution in [0.15, 0.2) is 0 Å². The van der Waals surface area contributed by atoms with Crippen molar-refractivity contribution in [2.75, 3.05) is 27.2 Å². The molecular weight excluding hydrogens is 418 g/mol. The molecule has 0 heterocycles. The van der Waals surface area contributed by atoms with Gasteiger partial charge in [-0.25, -0.2) is 0 Å². The van der Waals surface area contributed by atoms with Crippen molar-refractivity contribution in [2.24, 2.45) is 0 Å². The van der Waals surface area contributed by atoms with Gasteiger partial charge < -0.3 is 23.8 Å². The SMILES string of the molecule is CN(C)CC(COC(=O)CCCC(=O)OC(C)(C)C)OC(=O)CCCC(=O)OC(C)(C)C. The molecule has 0 aromatic heterocycles. The molecule has 9 heteroatoms. The number of hydrogen-bond acceptors (Lipinski definition) is 9. The van der Waals surface area contributed by atoms with Gasteiger partial charge in [0.05, 0.1) is 0 Å². The molecule has 0 aromatic rings. The van der Waals surface area contributed by atoms with Crippen LogP contribution in [0, 0.1) is 0 Å². The average Bonchev–Trinajstić information content (AvgIpc) is 2.55. The largest absolute Gasteiger partial charge is 0.462 e. The lowest BCUT2D eigenvalue weighted by Crippen LogP contribution is -2.35. The summed E-state index contributed by atoms with van der Waals surface area (Å²) in [7, 11) is 3.62. The van der Waals surface area contributed by atoms with Crippen LogP contribution in [0.5, 0.6) is 0 Å². The second-order valence-electron chi connectivity index (χ2n) is 9.94. The van der Waals surface area contributed by atoms with Crippen LogP contribution in [0.3, 0.4) is 0 Å². The van der Waals surface area contributed by atoms with Crippen molar-refractivity contribution in [1.82, 2.24) is 4.90 Å². The highest BCUT2D eigenvalue weighted by atomic mass is 16.6. The van der Waals surface area contributed by atoms with E-state index in [1.165, 1.54) is 0 Å². The Kier molecular flexibility index (Phi) is 13.1. The number of carbonyl (C=O) groups is 4. The number of nitrogens with zero attached hydrogens (tertiary/aromatic N) is 1. The van der Waals surface area contributed by atoms with Crippen LogP contribution >= 0.6 is 0 Å². The third kappa shape index (κ3) is 18.6. The van der Waals surface area contributed by atoms with Crippen molar-refractivity contribution < 1.29 is 38.1 Å². The van der Waals surface area contributed by atoms with Crippen LogP contribution in [0.2, 0.25) is 0 Å². The molecular formula is C23H41NO8. The van der Waals surface area contributed by atoms with Crippen molar-refractivity contribution in [3.63, 3.8) is 0 Å². The lowest BCUT2D eigenvalue weighted by molar-refractivity contribution is -0.161. The van der Waals surface area contributed by atoms with Crippen LogP contribution in [0.1, 0.15) is 80.1 Å². The maximum absolute atomic E-state index is 12.1. The van der Waals surface area contributed by atoms with Gasteiger partial charge in [-0.2, -0.15) is 0 Å². The lowest BCUT2D eigenvalue weighted by atomic mass is 10.2. The maximum Gasteiger partial charge on any atom is 0.306 e. The minimum atomic E-state index is -0.631. The van der Waals surface area contributed by atoms with E-state index in [4.69, 9.17) is 18.9 Å². The quantitative estimate of drug-likeness (QED) is 0.303. The number of carbonyl (C=O) groups excluding carboxylic acids is 4. The lowest BCUT2D eigenvalue weighted by Gasteiger charge is -2.22. The Labute approximate surface area is 192 Å². The maximum atomic E-state index is 12.1. The molecule has 0 aromatic carbocycles. The van der Waals surface area contributed by atoms with Crippen molar-refractivity contribution in [2.45, 2.75) is 97.4 Å². The minimum absolute atomic E-state index is 0.0625. The zero-order chi connectivity index (χ0) is 24.9. The molecule has 1 unspecified atom stereocenters. The van der Waals surface area contributed by atoms with Crippen LogP contribution in [-0.2, 0) is 38.1 Å². The molecule has 186 valence electrons. The predicted molar refractivity (Wildman–Crippen MR) is 119 cm³/mol. The molecule has 0 aliphatic carbocycles. The molecule has 0 radical (unpaired) electrons. The summed E-state index contributed by atoms with van der Waals surface area (Å²) in [6.45, 7) is 11.0. The second-order valence-corrected chi connectivity index (χ2v) is 9.94. The van der Waals surface area contributed by atoms with Gasteiger partial charge in [-0.1, -0.05) is 0 Å². The molecule has 0 aliphatic rings. The number of esters is 4. The summed E-state index contributed by atoms with van der Waals surface area (Å²) in [6, 6.07) is 0. The fourth-order valence-electron chi connectivity index (χ4n) is 2.57. The Hall–Kier alpha value is -2.16. The first-order chi connectivity index (χ1) is 14.6. The van der Waals surface area contributed by atoms with Gasteiger partial charge in [-0.3, -0.25) is 19.2 Å². The Morgan fingerprint density at radius 3 is 1.50 bits per heavy atom. The summed E-state index contributed by atoms with van der Waals surface area (Å²) >= 11 is 0. The Morgan fingerprint density at radius 2 is 1.09 bits per heavy atom. The average molecular weight is 460 g/mol. The summed E-state index contributed by atoms with van der Waals surface area (Å²) in [5, 5.41) is 0. The van der Waals surface area contributed by atoms with Crippen molar-refractivity contribution in [3.8, 4) is 0 Å². The monoisotopic (exact) mass is 459 g/mol. The van der Waals surface area contributed by atoms with Gasteiger partial charge in [0.15, 0.2) is 0 Å². The third-order valence-corrected chi connectivity index (χ3v) is 3.66. The van der Waals surface area contributed by atoms with E-state index < -0.39 is 29.2 Å². The normalized spacial score (nSPS) is 12.8. The smallest absolute Gasteiger partial charge is 0.306 e. The van der Waals surface area contributed by atoms with E-state index in [9.17, 15) is 19.2 Å². The van der Waals surface area contributed by atoms with Crippen molar-refractivity contribution >= 4 is 23.9 Å². The van der Waals surface area contributed by atoms with Crippen LogP contribution in [0.4, 0.5) is 0 Å². The molecule has 9 nitrogen and oxygen atoms in total. The molecule has 0 saturated carbocycles. The van der Waals surface area contributed by atoms with E-state index >= 15 is 0 Å². The van der Waals surface area contributed by atoms with E-state index in [1.54, 1.807) is 41.5 Å². The number of hydrogen-bond donors (Lipinski definition) is 0. The molecule has 0 rings (SSSR count). The zero-order valence-corrected chi connectivity index (χ0v) is 20.9. The van der Waals surface area contributed by atoms with E-state index in [0.29, 0.717) is 19.4 Å². The highest BCUT2D eigenvalue weighted by molar-refractivity contribution is 5.73. The fraction of sp³-hybridized carbons (Fsp3) is 0.826. The first kappa shape index (κ1) is 29.8. The van der Waals surface area contributed by atoms with Gasteiger partial charge in [0, 0.05) is 32.2 Å². The predicted octanol–water partition coefficient (Wildman–Crippen LogP) is 3.03. The van der Waals surface area contributed by atoms with E-state index in [0.717, 1.165) is 0 Å². The van der Waals surface area contributed by atoms with Crippen LogP contribution < -0.4 is 0 Å². The van der Waals surface area contributed by atoms with Gasteiger partial charge in [-0.05, 0) is 68.5 Å². The first-order valence-corrected chi connectivity index (χ1v) is 11.0. The molecule has 1 atom stereocenters. The molecule has 0 amide bonds. The topological polar surface area (TPSA) is 108 Å².